The summed E-state index contributed by atoms with van der Waals surface area (Å²) in [5.41, 5.74) is 0.461. The number of amides is 2. The van der Waals surface area contributed by atoms with Gasteiger partial charge in [0.25, 0.3) is 5.91 Å². The van der Waals surface area contributed by atoms with Crippen molar-refractivity contribution in [2.75, 3.05) is 32.0 Å². The van der Waals surface area contributed by atoms with Crippen LogP contribution in [0.25, 0.3) is 0 Å². The highest BCUT2D eigenvalue weighted by molar-refractivity contribution is 7.89. The van der Waals surface area contributed by atoms with Gasteiger partial charge in [0.2, 0.25) is 15.9 Å². The van der Waals surface area contributed by atoms with Crippen molar-refractivity contribution in [3.8, 4) is 0 Å². The molecule has 0 spiro atoms. The Morgan fingerprint density at radius 2 is 1.75 bits per heavy atom. The highest BCUT2D eigenvalue weighted by Gasteiger charge is 2.28. The van der Waals surface area contributed by atoms with E-state index in [-0.39, 0.29) is 16.7 Å². The first-order valence-corrected chi connectivity index (χ1v) is 10.4. The van der Waals surface area contributed by atoms with Crippen molar-refractivity contribution < 1.29 is 27.5 Å². The highest BCUT2D eigenvalue weighted by atomic mass is 32.2. The lowest BCUT2D eigenvalue weighted by molar-refractivity contribution is -0.158. The van der Waals surface area contributed by atoms with Crippen LogP contribution in [0.4, 0.5) is 5.69 Å². The Morgan fingerprint density at radius 1 is 1.18 bits per heavy atom. The SMILES string of the molecule is CC(=O)Nc1ccc(S(=O)(=O)N(C)CC(=O)O[C@@H](C)C(=O)N2CCCC2)cc1. The fraction of sp³-hybridized carbons (Fsp3) is 0.500. The number of benzene rings is 1. The number of hydrogen-bond donors (Lipinski definition) is 1. The molecule has 0 aromatic heterocycles. The molecule has 0 aliphatic carbocycles. The predicted molar refractivity (Wildman–Crippen MR) is 102 cm³/mol. The molecule has 0 unspecified atom stereocenters. The summed E-state index contributed by atoms with van der Waals surface area (Å²) in [5, 5.41) is 2.54. The summed E-state index contributed by atoms with van der Waals surface area (Å²) in [4.78, 5) is 36.9. The van der Waals surface area contributed by atoms with E-state index in [4.69, 9.17) is 4.74 Å². The van der Waals surface area contributed by atoms with Gasteiger partial charge in [-0.15, -0.1) is 0 Å². The fourth-order valence-electron chi connectivity index (χ4n) is 2.84. The summed E-state index contributed by atoms with van der Waals surface area (Å²) in [6, 6.07) is 5.58. The molecule has 0 saturated carbocycles. The van der Waals surface area contributed by atoms with E-state index in [2.05, 4.69) is 5.32 Å². The maximum atomic E-state index is 12.6. The number of hydrogen-bond acceptors (Lipinski definition) is 6. The zero-order chi connectivity index (χ0) is 20.9. The van der Waals surface area contributed by atoms with Crippen molar-refractivity contribution in [2.24, 2.45) is 0 Å². The molecular formula is C18H25N3O6S. The number of anilines is 1. The molecular weight excluding hydrogens is 386 g/mol. The number of esters is 1. The number of rotatable bonds is 7. The van der Waals surface area contributed by atoms with E-state index >= 15 is 0 Å². The minimum Gasteiger partial charge on any atom is -0.452 e. The number of sulfonamides is 1. The van der Waals surface area contributed by atoms with Crippen LogP contribution in [0.1, 0.15) is 26.7 Å². The number of carbonyl (C=O) groups is 3. The molecule has 154 valence electrons. The van der Waals surface area contributed by atoms with Crippen LogP contribution < -0.4 is 5.32 Å². The average Bonchev–Trinajstić information content (AvgIpc) is 3.15. The van der Waals surface area contributed by atoms with Crippen LogP contribution in [0.15, 0.2) is 29.2 Å². The molecule has 2 amide bonds. The maximum Gasteiger partial charge on any atom is 0.322 e. The van der Waals surface area contributed by atoms with Crippen molar-refractivity contribution in [1.29, 1.82) is 0 Å². The molecule has 1 saturated heterocycles. The second-order valence-electron chi connectivity index (χ2n) is 6.63. The summed E-state index contributed by atoms with van der Waals surface area (Å²) in [6.45, 7) is 3.59. The number of likely N-dealkylation sites (tertiary alicyclic amines) is 1. The van der Waals surface area contributed by atoms with Crippen molar-refractivity contribution in [3.63, 3.8) is 0 Å². The summed E-state index contributed by atoms with van der Waals surface area (Å²) < 4.78 is 31.1. The van der Waals surface area contributed by atoms with Crippen LogP contribution in [0.2, 0.25) is 0 Å². The normalized spacial score (nSPS) is 15.4. The number of nitrogens with zero attached hydrogens (tertiary/aromatic N) is 2. The van der Waals surface area contributed by atoms with E-state index < -0.39 is 28.6 Å². The zero-order valence-electron chi connectivity index (χ0n) is 16.2. The summed E-state index contributed by atoms with van der Waals surface area (Å²) in [5.74, 6) is -1.35. The van der Waals surface area contributed by atoms with E-state index in [1.54, 1.807) is 4.90 Å². The second kappa shape index (κ2) is 9.16. The third-order valence-electron chi connectivity index (χ3n) is 4.31. The zero-order valence-corrected chi connectivity index (χ0v) is 17.0. The monoisotopic (exact) mass is 411 g/mol. The number of likely N-dealkylation sites (N-methyl/N-ethyl adjacent to an activating group) is 1. The maximum absolute atomic E-state index is 12.6. The van der Waals surface area contributed by atoms with Gasteiger partial charge < -0.3 is 15.0 Å². The molecule has 1 atom stereocenters. The minimum atomic E-state index is -3.93. The number of ether oxygens (including phenoxy) is 1. The van der Waals surface area contributed by atoms with E-state index in [9.17, 15) is 22.8 Å². The van der Waals surface area contributed by atoms with Crippen molar-refractivity contribution in [2.45, 2.75) is 37.7 Å². The van der Waals surface area contributed by atoms with Gasteiger partial charge in [-0.1, -0.05) is 0 Å². The van der Waals surface area contributed by atoms with Gasteiger partial charge in [-0.05, 0) is 44.0 Å². The standard InChI is InChI=1S/C18H25N3O6S/c1-13(18(24)21-10-4-5-11-21)27-17(23)12-20(3)28(25,26)16-8-6-15(7-9-16)19-14(2)22/h6-9,13H,4-5,10-12H2,1-3H3,(H,19,22)/t13-/m0/s1. The molecule has 2 rings (SSSR count). The Balaban J connectivity index is 1.96. The van der Waals surface area contributed by atoms with Gasteiger partial charge in [-0.25, -0.2) is 8.42 Å². The predicted octanol–water partition coefficient (Wildman–Crippen LogP) is 0.820. The lowest BCUT2D eigenvalue weighted by atomic mass is 10.3. The summed E-state index contributed by atoms with van der Waals surface area (Å²) in [6.07, 6.45) is 0.890. The lowest BCUT2D eigenvalue weighted by Crippen LogP contribution is -2.40. The molecule has 9 nitrogen and oxygen atoms in total. The molecule has 0 radical (unpaired) electrons. The van der Waals surface area contributed by atoms with Crippen molar-refractivity contribution in [1.82, 2.24) is 9.21 Å². The van der Waals surface area contributed by atoms with Crippen LogP contribution >= 0.6 is 0 Å². The Bertz CT molecular complexity index is 831. The van der Waals surface area contributed by atoms with E-state index in [0.29, 0.717) is 18.8 Å². The van der Waals surface area contributed by atoms with Gasteiger partial charge in [-0.3, -0.25) is 14.4 Å². The molecule has 1 aliphatic rings. The van der Waals surface area contributed by atoms with Crippen LogP contribution in [-0.4, -0.2) is 68.2 Å². The molecule has 0 bridgehead atoms. The molecule has 1 heterocycles. The Hall–Kier alpha value is -2.46. The quantitative estimate of drug-likeness (QED) is 0.665. The summed E-state index contributed by atoms with van der Waals surface area (Å²) in [7, 11) is -2.67. The van der Waals surface area contributed by atoms with Gasteiger partial charge >= 0.3 is 5.97 Å². The molecule has 1 fully saturated rings. The minimum absolute atomic E-state index is 0.0295. The molecule has 1 aromatic carbocycles. The average molecular weight is 411 g/mol. The Kier molecular flexibility index (Phi) is 7.14. The smallest absolute Gasteiger partial charge is 0.322 e. The van der Waals surface area contributed by atoms with Gasteiger partial charge in [0, 0.05) is 32.7 Å². The first-order valence-electron chi connectivity index (χ1n) is 8.93. The van der Waals surface area contributed by atoms with Crippen molar-refractivity contribution >= 4 is 33.5 Å². The third kappa shape index (κ3) is 5.52. The Labute approximate surface area is 164 Å². The highest BCUT2D eigenvalue weighted by Crippen LogP contribution is 2.18. The van der Waals surface area contributed by atoms with Gasteiger partial charge in [-0.2, -0.15) is 4.31 Å². The van der Waals surface area contributed by atoms with Gasteiger partial charge in [0.1, 0.15) is 6.54 Å². The van der Waals surface area contributed by atoms with E-state index in [0.717, 1.165) is 17.1 Å². The van der Waals surface area contributed by atoms with Crippen LogP contribution in [0, 0.1) is 0 Å². The van der Waals surface area contributed by atoms with Crippen molar-refractivity contribution in [3.05, 3.63) is 24.3 Å². The Morgan fingerprint density at radius 3 is 2.29 bits per heavy atom. The molecule has 1 aliphatic heterocycles. The lowest BCUT2D eigenvalue weighted by Gasteiger charge is -2.22. The second-order valence-corrected chi connectivity index (χ2v) is 8.68. The molecule has 1 aromatic rings. The largest absolute Gasteiger partial charge is 0.452 e. The number of nitrogens with one attached hydrogen (secondary N) is 1. The number of carbonyl (C=O) groups excluding carboxylic acids is 3. The molecule has 1 N–H and O–H groups in total. The van der Waals surface area contributed by atoms with E-state index in [1.165, 1.54) is 45.2 Å². The molecule has 28 heavy (non-hydrogen) atoms. The first kappa shape index (κ1) is 21.8. The van der Waals surface area contributed by atoms with Gasteiger partial charge in [0.05, 0.1) is 4.90 Å². The van der Waals surface area contributed by atoms with Gasteiger partial charge in [0.15, 0.2) is 6.10 Å². The topological polar surface area (TPSA) is 113 Å². The van der Waals surface area contributed by atoms with Crippen LogP contribution in [-0.2, 0) is 29.1 Å². The third-order valence-corrected chi connectivity index (χ3v) is 6.13. The van der Waals surface area contributed by atoms with Crippen LogP contribution in [0.3, 0.4) is 0 Å². The van der Waals surface area contributed by atoms with Crippen LogP contribution in [0.5, 0.6) is 0 Å². The summed E-state index contributed by atoms with van der Waals surface area (Å²) >= 11 is 0. The first-order chi connectivity index (χ1) is 13.1. The van der Waals surface area contributed by atoms with E-state index in [1.807, 2.05) is 0 Å². The molecule has 10 heteroatoms. The fourth-order valence-corrected chi connectivity index (χ4v) is 3.95.